The van der Waals surface area contributed by atoms with Crippen molar-refractivity contribution in [3.05, 3.63) is 29.3 Å². The van der Waals surface area contributed by atoms with E-state index in [0.717, 1.165) is 50.9 Å². The summed E-state index contributed by atoms with van der Waals surface area (Å²) < 4.78 is 5.50. The van der Waals surface area contributed by atoms with Crippen molar-refractivity contribution >= 4 is 0 Å². The second-order valence-corrected chi connectivity index (χ2v) is 5.23. The van der Waals surface area contributed by atoms with Gasteiger partial charge in [0.1, 0.15) is 5.75 Å². The molecule has 1 aromatic rings. The molecule has 2 rings (SSSR count). The maximum Gasteiger partial charge on any atom is 0.122 e. The van der Waals surface area contributed by atoms with Crippen molar-refractivity contribution in [2.24, 2.45) is 0 Å². The molecule has 0 saturated heterocycles. The highest BCUT2D eigenvalue weighted by Crippen LogP contribution is 2.26. The highest BCUT2D eigenvalue weighted by molar-refractivity contribution is 5.39. The molecule has 0 saturated carbocycles. The van der Waals surface area contributed by atoms with Crippen molar-refractivity contribution in [3.63, 3.8) is 0 Å². The molecular weight excluding hydrogens is 224 g/mol. The van der Waals surface area contributed by atoms with E-state index in [2.05, 4.69) is 25.1 Å². The molecule has 0 aromatic heterocycles. The molecule has 0 amide bonds. The molecule has 0 spiro atoms. The fraction of sp³-hybridized carbons (Fsp3) is 0.625. The standard InChI is InChI=1S/C16H24O2/c1-2-5-15(17)7-4-3-6-13-8-9-16-14(12-13)10-11-18-16/h8-9,12,15,17H,2-7,10-11H2,1H3. The zero-order valence-corrected chi connectivity index (χ0v) is 11.3. The highest BCUT2D eigenvalue weighted by Gasteiger charge is 2.11. The summed E-state index contributed by atoms with van der Waals surface area (Å²) in [4.78, 5) is 0. The van der Waals surface area contributed by atoms with Crippen molar-refractivity contribution < 1.29 is 9.84 Å². The van der Waals surface area contributed by atoms with Crippen LogP contribution in [0.2, 0.25) is 0 Å². The Bertz CT molecular complexity index is 373. The van der Waals surface area contributed by atoms with Gasteiger partial charge in [0.05, 0.1) is 12.7 Å². The lowest BCUT2D eigenvalue weighted by Gasteiger charge is -2.09. The van der Waals surface area contributed by atoms with Gasteiger partial charge in [0.15, 0.2) is 0 Å². The Morgan fingerprint density at radius 1 is 1.28 bits per heavy atom. The minimum atomic E-state index is -0.0941. The van der Waals surface area contributed by atoms with E-state index in [-0.39, 0.29) is 6.10 Å². The van der Waals surface area contributed by atoms with Gasteiger partial charge < -0.3 is 9.84 Å². The second-order valence-electron chi connectivity index (χ2n) is 5.23. The molecule has 0 bridgehead atoms. The first-order valence-electron chi connectivity index (χ1n) is 7.22. The lowest BCUT2D eigenvalue weighted by Crippen LogP contribution is -2.05. The quantitative estimate of drug-likeness (QED) is 0.748. The van der Waals surface area contributed by atoms with E-state index >= 15 is 0 Å². The van der Waals surface area contributed by atoms with Gasteiger partial charge >= 0.3 is 0 Å². The summed E-state index contributed by atoms with van der Waals surface area (Å²) in [5.41, 5.74) is 2.77. The lowest BCUT2D eigenvalue weighted by molar-refractivity contribution is 0.150. The summed E-state index contributed by atoms with van der Waals surface area (Å²) in [6, 6.07) is 6.56. The summed E-state index contributed by atoms with van der Waals surface area (Å²) in [6.07, 6.45) is 7.33. The Morgan fingerprint density at radius 2 is 2.17 bits per heavy atom. The molecule has 0 radical (unpaired) electrons. The van der Waals surface area contributed by atoms with Crippen LogP contribution >= 0.6 is 0 Å². The third-order valence-corrected chi connectivity index (χ3v) is 3.63. The number of aryl methyl sites for hydroxylation is 1. The molecule has 1 heterocycles. The second kappa shape index (κ2) is 6.79. The van der Waals surface area contributed by atoms with Gasteiger partial charge in [-0.3, -0.25) is 0 Å². The number of aliphatic hydroxyl groups is 1. The van der Waals surface area contributed by atoms with Crippen LogP contribution in [0.4, 0.5) is 0 Å². The van der Waals surface area contributed by atoms with E-state index in [1.807, 2.05) is 0 Å². The predicted octanol–water partition coefficient (Wildman–Crippen LogP) is 3.50. The smallest absolute Gasteiger partial charge is 0.122 e. The van der Waals surface area contributed by atoms with Crippen molar-refractivity contribution in [3.8, 4) is 5.75 Å². The zero-order valence-electron chi connectivity index (χ0n) is 11.3. The predicted molar refractivity (Wildman–Crippen MR) is 74.1 cm³/mol. The molecule has 18 heavy (non-hydrogen) atoms. The van der Waals surface area contributed by atoms with E-state index in [1.165, 1.54) is 17.5 Å². The Labute approximate surface area is 110 Å². The Morgan fingerprint density at radius 3 is 3.00 bits per heavy atom. The van der Waals surface area contributed by atoms with E-state index in [1.54, 1.807) is 0 Å². The molecule has 100 valence electrons. The number of benzene rings is 1. The monoisotopic (exact) mass is 248 g/mol. The van der Waals surface area contributed by atoms with Crippen molar-refractivity contribution in [1.29, 1.82) is 0 Å². The maximum atomic E-state index is 9.66. The molecule has 1 unspecified atom stereocenters. The molecule has 2 nitrogen and oxygen atoms in total. The van der Waals surface area contributed by atoms with E-state index in [0.29, 0.717) is 0 Å². The first-order valence-corrected chi connectivity index (χ1v) is 7.22. The zero-order chi connectivity index (χ0) is 12.8. The van der Waals surface area contributed by atoms with Crippen LogP contribution in [-0.4, -0.2) is 17.8 Å². The van der Waals surface area contributed by atoms with Crippen LogP contribution in [0.3, 0.4) is 0 Å². The average molecular weight is 248 g/mol. The van der Waals surface area contributed by atoms with E-state index < -0.39 is 0 Å². The van der Waals surface area contributed by atoms with Crippen LogP contribution in [0.15, 0.2) is 18.2 Å². The summed E-state index contributed by atoms with van der Waals surface area (Å²) in [6.45, 7) is 2.96. The number of unbranched alkanes of at least 4 members (excludes halogenated alkanes) is 1. The number of fused-ring (bicyclic) bond motifs is 1. The van der Waals surface area contributed by atoms with Crippen LogP contribution < -0.4 is 4.74 Å². The summed E-state index contributed by atoms with van der Waals surface area (Å²) in [5.74, 6) is 1.07. The van der Waals surface area contributed by atoms with Crippen molar-refractivity contribution in [1.82, 2.24) is 0 Å². The summed E-state index contributed by atoms with van der Waals surface area (Å²) >= 11 is 0. The van der Waals surface area contributed by atoms with Crippen molar-refractivity contribution in [2.45, 2.75) is 58.0 Å². The van der Waals surface area contributed by atoms with Crippen molar-refractivity contribution in [2.75, 3.05) is 6.61 Å². The van der Waals surface area contributed by atoms with Crippen LogP contribution in [0.1, 0.15) is 50.2 Å². The van der Waals surface area contributed by atoms with E-state index in [4.69, 9.17) is 4.74 Å². The number of aliphatic hydroxyl groups excluding tert-OH is 1. The van der Waals surface area contributed by atoms with Gasteiger partial charge in [-0.25, -0.2) is 0 Å². The minimum absolute atomic E-state index is 0.0941. The molecule has 1 N–H and O–H groups in total. The van der Waals surface area contributed by atoms with Gasteiger partial charge in [-0.05, 0) is 42.9 Å². The van der Waals surface area contributed by atoms with Gasteiger partial charge in [-0.2, -0.15) is 0 Å². The average Bonchev–Trinajstić information content (AvgIpc) is 2.82. The number of hydrogen-bond acceptors (Lipinski definition) is 2. The lowest BCUT2D eigenvalue weighted by atomic mass is 10.0. The Hall–Kier alpha value is -1.02. The molecule has 1 atom stereocenters. The summed E-state index contributed by atoms with van der Waals surface area (Å²) in [7, 11) is 0. The summed E-state index contributed by atoms with van der Waals surface area (Å²) in [5, 5.41) is 9.66. The minimum Gasteiger partial charge on any atom is -0.493 e. The third kappa shape index (κ3) is 3.74. The Kier molecular flexibility index (Phi) is 5.06. The first kappa shape index (κ1) is 13.4. The normalized spacial score (nSPS) is 15.2. The number of hydrogen-bond donors (Lipinski definition) is 1. The Balaban J connectivity index is 1.70. The fourth-order valence-electron chi connectivity index (χ4n) is 2.58. The van der Waals surface area contributed by atoms with Gasteiger partial charge in [0.2, 0.25) is 0 Å². The SMILES string of the molecule is CCCC(O)CCCCc1ccc2c(c1)CCO2. The van der Waals surface area contributed by atoms with Crippen LogP contribution in [0.25, 0.3) is 0 Å². The van der Waals surface area contributed by atoms with Crippen LogP contribution in [0, 0.1) is 0 Å². The van der Waals surface area contributed by atoms with Gasteiger partial charge in [-0.15, -0.1) is 0 Å². The van der Waals surface area contributed by atoms with E-state index in [9.17, 15) is 5.11 Å². The topological polar surface area (TPSA) is 29.5 Å². The van der Waals surface area contributed by atoms with Gasteiger partial charge in [0, 0.05) is 6.42 Å². The molecule has 1 aliphatic heterocycles. The molecular formula is C16H24O2. The van der Waals surface area contributed by atoms with Gasteiger partial charge in [0.25, 0.3) is 0 Å². The molecule has 0 aliphatic carbocycles. The van der Waals surface area contributed by atoms with Crippen LogP contribution in [-0.2, 0) is 12.8 Å². The van der Waals surface area contributed by atoms with Crippen LogP contribution in [0.5, 0.6) is 5.75 Å². The molecule has 1 aromatic carbocycles. The third-order valence-electron chi connectivity index (χ3n) is 3.63. The highest BCUT2D eigenvalue weighted by atomic mass is 16.5. The first-order chi connectivity index (χ1) is 8.79. The van der Waals surface area contributed by atoms with Gasteiger partial charge in [-0.1, -0.05) is 31.9 Å². The fourth-order valence-corrected chi connectivity index (χ4v) is 2.58. The molecule has 0 fully saturated rings. The number of ether oxygens (including phenoxy) is 1. The largest absolute Gasteiger partial charge is 0.493 e. The number of rotatable bonds is 7. The molecule has 1 aliphatic rings. The molecule has 2 heteroatoms. The maximum absolute atomic E-state index is 9.66.